The highest BCUT2D eigenvalue weighted by molar-refractivity contribution is 7.99. The Labute approximate surface area is 213 Å². The zero-order valence-electron chi connectivity index (χ0n) is 18.1. The second-order valence-corrected chi connectivity index (χ2v) is 10.2. The summed E-state index contributed by atoms with van der Waals surface area (Å²) in [5.41, 5.74) is 1.61. The highest BCUT2D eigenvalue weighted by Gasteiger charge is 2.27. The molecule has 0 aliphatic heterocycles. The lowest BCUT2D eigenvalue weighted by Gasteiger charge is -2.30. The molecule has 0 unspecified atom stereocenters. The van der Waals surface area contributed by atoms with Crippen molar-refractivity contribution in [3.05, 3.63) is 67.6 Å². The van der Waals surface area contributed by atoms with Crippen molar-refractivity contribution in [3.8, 4) is 0 Å². The quantitative estimate of drug-likeness (QED) is 0.361. The Morgan fingerprint density at radius 2 is 1.53 bits per heavy atom. The van der Waals surface area contributed by atoms with E-state index in [1.165, 1.54) is 11.8 Å². The maximum atomic E-state index is 13.2. The van der Waals surface area contributed by atoms with Gasteiger partial charge in [0.1, 0.15) is 6.04 Å². The summed E-state index contributed by atoms with van der Waals surface area (Å²) in [5, 5.41) is 5.02. The second kappa shape index (κ2) is 13.0. The van der Waals surface area contributed by atoms with Gasteiger partial charge in [-0.25, -0.2) is 0 Å². The van der Waals surface area contributed by atoms with Crippen LogP contribution in [0.25, 0.3) is 0 Å². The van der Waals surface area contributed by atoms with Crippen LogP contribution >= 0.6 is 58.2 Å². The number of halogens is 4. The van der Waals surface area contributed by atoms with Gasteiger partial charge in [0.05, 0.1) is 5.75 Å². The van der Waals surface area contributed by atoms with Gasteiger partial charge in [-0.05, 0) is 55.7 Å². The fourth-order valence-electron chi connectivity index (χ4n) is 2.85. The van der Waals surface area contributed by atoms with Crippen LogP contribution in [-0.2, 0) is 21.9 Å². The van der Waals surface area contributed by atoms with Crippen LogP contribution in [0.3, 0.4) is 0 Å². The summed E-state index contributed by atoms with van der Waals surface area (Å²) < 4.78 is 0. The molecule has 0 heterocycles. The van der Waals surface area contributed by atoms with E-state index in [-0.39, 0.29) is 30.2 Å². The maximum Gasteiger partial charge on any atom is 0.242 e. The van der Waals surface area contributed by atoms with Crippen molar-refractivity contribution in [1.29, 1.82) is 0 Å². The molecule has 0 saturated heterocycles. The minimum absolute atomic E-state index is 0.0162. The first-order valence-electron chi connectivity index (χ1n) is 10.2. The van der Waals surface area contributed by atoms with Crippen LogP contribution in [0.15, 0.2) is 36.4 Å². The minimum atomic E-state index is -0.664. The van der Waals surface area contributed by atoms with E-state index in [1.54, 1.807) is 42.2 Å². The third kappa shape index (κ3) is 8.03. The van der Waals surface area contributed by atoms with Gasteiger partial charge < -0.3 is 10.2 Å². The Balaban J connectivity index is 2.14. The Hall–Kier alpha value is -1.11. The lowest BCUT2D eigenvalue weighted by atomic mass is 10.1. The van der Waals surface area contributed by atoms with Crippen molar-refractivity contribution >= 4 is 70.0 Å². The molecule has 2 rings (SSSR count). The topological polar surface area (TPSA) is 49.4 Å². The van der Waals surface area contributed by atoms with E-state index in [4.69, 9.17) is 46.4 Å². The predicted octanol–water partition coefficient (Wildman–Crippen LogP) is 6.87. The van der Waals surface area contributed by atoms with Gasteiger partial charge in [-0.2, -0.15) is 0 Å². The maximum absolute atomic E-state index is 13.2. The summed E-state index contributed by atoms with van der Waals surface area (Å²) in [6.07, 6.45) is 0.799. The molecule has 0 bridgehead atoms. The number of rotatable bonds is 10. The Morgan fingerprint density at radius 1 is 0.969 bits per heavy atom. The molecule has 0 radical (unpaired) electrons. The summed E-state index contributed by atoms with van der Waals surface area (Å²) in [6.45, 7) is 5.84. The SMILES string of the molecule is CC[C@@H](C)NC(=O)[C@@H](C)N(Cc1ccc(Cl)cc1Cl)C(=O)CSCc1ccc(Cl)cc1Cl. The van der Waals surface area contributed by atoms with Crippen LogP contribution in [-0.4, -0.2) is 34.6 Å². The molecule has 9 heteroatoms. The molecule has 2 atom stereocenters. The summed E-state index contributed by atoms with van der Waals surface area (Å²) in [6, 6.07) is 9.75. The monoisotopic (exact) mass is 534 g/mol. The van der Waals surface area contributed by atoms with Crippen molar-refractivity contribution in [3.63, 3.8) is 0 Å². The Morgan fingerprint density at radius 3 is 2.06 bits per heavy atom. The first-order valence-corrected chi connectivity index (χ1v) is 12.8. The molecule has 2 aromatic carbocycles. The van der Waals surface area contributed by atoms with Gasteiger partial charge in [-0.15, -0.1) is 11.8 Å². The average Bonchev–Trinajstić information content (AvgIpc) is 2.74. The molecule has 0 fully saturated rings. The molecule has 32 heavy (non-hydrogen) atoms. The summed E-state index contributed by atoms with van der Waals surface area (Å²) in [5.74, 6) is 0.358. The van der Waals surface area contributed by atoms with Crippen LogP contribution in [0.4, 0.5) is 0 Å². The Bertz CT molecular complexity index is 958. The molecule has 174 valence electrons. The number of amides is 2. The van der Waals surface area contributed by atoms with Crippen molar-refractivity contribution in [2.75, 3.05) is 5.75 Å². The number of nitrogens with one attached hydrogen (secondary N) is 1. The van der Waals surface area contributed by atoms with Gasteiger partial charge in [0.25, 0.3) is 0 Å². The summed E-state index contributed by atoms with van der Waals surface area (Å²) in [7, 11) is 0. The van der Waals surface area contributed by atoms with Gasteiger partial charge in [0.15, 0.2) is 0 Å². The lowest BCUT2D eigenvalue weighted by Crippen LogP contribution is -2.50. The van der Waals surface area contributed by atoms with Crippen LogP contribution in [0.5, 0.6) is 0 Å². The van der Waals surface area contributed by atoms with Crippen molar-refractivity contribution in [1.82, 2.24) is 10.2 Å². The molecule has 0 aromatic heterocycles. The normalized spacial score (nSPS) is 12.8. The average molecular weight is 536 g/mol. The summed E-state index contributed by atoms with van der Waals surface area (Å²) in [4.78, 5) is 27.5. The van der Waals surface area contributed by atoms with Crippen molar-refractivity contribution in [2.24, 2.45) is 0 Å². The molecular weight excluding hydrogens is 510 g/mol. The van der Waals surface area contributed by atoms with Gasteiger partial charge >= 0.3 is 0 Å². The molecule has 0 saturated carbocycles. The molecule has 0 spiro atoms. The van der Waals surface area contributed by atoms with Crippen LogP contribution < -0.4 is 5.32 Å². The van der Waals surface area contributed by atoms with E-state index in [1.807, 2.05) is 19.9 Å². The third-order valence-corrected chi connectivity index (χ3v) is 7.16. The van der Waals surface area contributed by atoms with Crippen LogP contribution in [0.2, 0.25) is 20.1 Å². The van der Waals surface area contributed by atoms with E-state index in [0.29, 0.717) is 25.8 Å². The van der Waals surface area contributed by atoms with Gasteiger partial charge in [0, 0.05) is 38.4 Å². The van der Waals surface area contributed by atoms with E-state index in [2.05, 4.69) is 5.32 Å². The number of thioether (sulfide) groups is 1. The lowest BCUT2D eigenvalue weighted by molar-refractivity contribution is -0.138. The minimum Gasteiger partial charge on any atom is -0.352 e. The number of benzene rings is 2. The number of carbonyl (C=O) groups is 2. The van der Waals surface area contributed by atoms with E-state index in [0.717, 1.165) is 17.5 Å². The largest absolute Gasteiger partial charge is 0.352 e. The van der Waals surface area contributed by atoms with E-state index >= 15 is 0 Å². The van der Waals surface area contributed by atoms with E-state index in [9.17, 15) is 9.59 Å². The molecule has 4 nitrogen and oxygen atoms in total. The first-order chi connectivity index (χ1) is 15.1. The molecule has 2 aromatic rings. The number of hydrogen-bond acceptors (Lipinski definition) is 3. The van der Waals surface area contributed by atoms with Gasteiger partial charge in [-0.1, -0.05) is 65.5 Å². The van der Waals surface area contributed by atoms with Crippen molar-refractivity contribution < 1.29 is 9.59 Å². The number of hydrogen-bond donors (Lipinski definition) is 1. The molecular formula is C23H26Cl4N2O2S. The van der Waals surface area contributed by atoms with Crippen LogP contribution in [0, 0.1) is 0 Å². The van der Waals surface area contributed by atoms with Crippen LogP contribution in [0.1, 0.15) is 38.3 Å². The zero-order valence-corrected chi connectivity index (χ0v) is 22.0. The third-order valence-electron chi connectivity index (χ3n) is 5.02. The first kappa shape index (κ1) is 27.1. The Kier molecular flexibility index (Phi) is 11.0. The highest BCUT2D eigenvalue weighted by atomic mass is 35.5. The standard InChI is InChI=1S/C23H26Cl4N2O2S/c1-4-14(2)28-23(31)15(3)29(11-16-5-7-18(24)9-20(16)26)22(30)13-32-12-17-6-8-19(25)10-21(17)27/h5-10,14-15H,4,11-13H2,1-3H3,(H,28,31)/t14-,15-/m1/s1. The van der Waals surface area contributed by atoms with Gasteiger partial charge in [0.2, 0.25) is 11.8 Å². The number of nitrogens with zero attached hydrogens (tertiary/aromatic N) is 1. The molecule has 0 aliphatic carbocycles. The van der Waals surface area contributed by atoms with E-state index < -0.39 is 6.04 Å². The molecule has 0 aliphatic rings. The van der Waals surface area contributed by atoms with Crippen molar-refractivity contribution in [2.45, 2.75) is 51.6 Å². The highest BCUT2D eigenvalue weighted by Crippen LogP contribution is 2.26. The fraction of sp³-hybridized carbons (Fsp3) is 0.391. The fourth-order valence-corrected chi connectivity index (χ4v) is 4.79. The summed E-state index contributed by atoms with van der Waals surface area (Å²) >= 11 is 25.9. The smallest absolute Gasteiger partial charge is 0.242 e. The second-order valence-electron chi connectivity index (χ2n) is 7.48. The molecule has 2 amide bonds. The predicted molar refractivity (Wildman–Crippen MR) is 137 cm³/mol. The van der Waals surface area contributed by atoms with Gasteiger partial charge in [-0.3, -0.25) is 9.59 Å². The molecule has 1 N–H and O–H groups in total. The zero-order chi connectivity index (χ0) is 23.8. The number of carbonyl (C=O) groups excluding carboxylic acids is 2.